The summed E-state index contributed by atoms with van der Waals surface area (Å²) in [5, 5.41) is 0. The van der Waals surface area contributed by atoms with Crippen LogP contribution in [0.3, 0.4) is 0 Å². The van der Waals surface area contributed by atoms with E-state index in [9.17, 15) is 4.39 Å². The fourth-order valence-corrected chi connectivity index (χ4v) is 0.313. The van der Waals surface area contributed by atoms with Crippen LogP contribution in [0.15, 0.2) is 23.3 Å². The van der Waals surface area contributed by atoms with Crippen molar-refractivity contribution < 1.29 is 4.39 Å². The van der Waals surface area contributed by atoms with E-state index in [2.05, 4.69) is 0 Å². The van der Waals surface area contributed by atoms with Crippen LogP contribution in [0.4, 0.5) is 4.39 Å². The van der Waals surface area contributed by atoms with Crippen LogP contribution in [0.1, 0.15) is 13.8 Å². The second-order valence-corrected chi connectivity index (χ2v) is 1.82. The highest BCUT2D eigenvalue weighted by molar-refractivity contribution is 5.25. The Balaban J connectivity index is 4.40. The van der Waals surface area contributed by atoms with Gasteiger partial charge in [-0.15, -0.1) is 0 Å². The molecule has 0 amide bonds. The van der Waals surface area contributed by atoms with E-state index in [0.29, 0.717) is 11.3 Å². The number of nitrogens with two attached hydrogens (primary N) is 2. The largest absolute Gasteiger partial charge is 0.402 e. The van der Waals surface area contributed by atoms with Crippen molar-refractivity contribution in [2.24, 2.45) is 11.5 Å². The topological polar surface area (TPSA) is 52.0 Å². The molecule has 0 radical (unpaired) electrons. The van der Waals surface area contributed by atoms with Gasteiger partial charge in [0, 0.05) is 17.5 Å². The van der Waals surface area contributed by atoms with Gasteiger partial charge in [-0.25, -0.2) is 4.39 Å². The van der Waals surface area contributed by atoms with E-state index in [4.69, 9.17) is 11.5 Å². The summed E-state index contributed by atoms with van der Waals surface area (Å²) in [5.74, 6) is -0.463. The fourth-order valence-electron chi connectivity index (χ4n) is 0.313. The lowest BCUT2D eigenvalue weighted by Crippen LogP contribution is -1.97. The maximum absolute atomic E-state index is 12.4. The van der Waals surface area contributed by atoms with Gasteiger partial charge in [0.05, 0.1) is 0 Å². The Bertz CT molecular complexity index is 154. The van der Waals surface area contributed by atoms with Gasteiger partial charge < -0.3 is 11.5 Å². The molecule has 0 saturated carbocycles. The summed E-state index contributed by atoms with van der Waals surface area (Å²) in [4.78, 5) is 0. The number of hydrogen-bond donors (Lipinski definition) is 2. The lowest BCUT2D eigenvalue weighted by Gasteiger charge is -1.97. The maximum Gasteiger partial charge on any atom is 0.143 e. The van der Waals surface area contributed by atoms with Crippen LogP contribution in [-0.2, 0) is 0 Å². The molecule has 0 saturated heterocycles. The van der Waals surface area contributed by atoms with Crippen LogP contribution in [0.5, 0.6) is 0 Å². The fraction of sp³-hybridized carbons (Fsp3) is 0.333. The molecule has 0 aromatic heterocycles. The van der Waals surface area contributed by atoms with Crippen molar-refractivity contribution >= 4 is 0 Å². The first kappa shape index (κ1) is 8.01. The number of hydrogen-bond acceptors (Lipinski definition) is 2. The molecule has 0 fully saturated rings. The Morgan fingerprint density at radius 3 is 2.00 bits per heavy atom. The molecule has 0 aromatic carbocycles. The molecule has 2 nitrogen and oxygen atoms in total. The van der Waals surface area contributed by atoms with Crippen LogP contribution in [-0.4, -0.2) is 0 Å². The predicted molar refractivity (Wildman–Crippen MR) is 35.9 cm³/mol. The van der Waals surface area contributed by atoms with Crippen LogP contribution in [0.25, 0.3) is 0 Å². The molecule has 9 heavy (non-hydrogen) atoms. The third-order valence-electron chi connectivity index (χ3n) is 1.10. The molecule has 0 aliphatic rings. The van der Waals surface area contributed by atoms with Crippen molar-refractivity contribution in [2.45, 2.75) is 13.8 Å². The monoisotopic (exact) mass is 130 g/mol. The van der Waals surface area contributed by atoms with Crippen molar-refractivity contribution in [1.29, 1.82) is 0 Å². The first-order valence-corrected chi connectivity index (χ1v) is 2.60. The third kappa shape index (κ3) is 2.17. The van der Waals surface area contributed by atoms with Gasteiger partial charge in [0.15, 0.2) is 0 Å². The van der Waals surface area contributed by atoms with Gasteiger partial charge in [-0.1, -0.05) is 0 Å². The van der Waals surface area contributed by atoms with Gasteiger partial charge in [-0.3, -0.25) is 0 Å². The Kier molecular flexibility index (Phi) is 2.78. The molecule has 0 heterocycles. The van der Waals surface area contributed by atoms with Gasteiger partial charge in [-0.05, 0) is 13.8 Å². The molecule has 0 aliphatic carbocycles. The summed E-state index contributed by atoms with van der Waals surface area (Å²) < 4.78 is 12.4. The van der Waals surface area contributed by atoms with Crippen molar-refractivity contribution in [3.8, 4) is 0 Å². The molecule has 4 N–H and O–H groups in total. The maximum atomic E-state index is 12.4. The smallest absolute Gasteiger partial charge is 0.143 e. The summed E-state index contributed by atoms with van der Waals surface area (Å²) in [6.45, 7) is 3.20. The zero-order valence-corrected chi connectivity index (χ0v) is 5.61. The van der Waals surface area contributed by atoms with Crippen LogP contribution in [0, 0.1) is 0 Å². The molecule has 0 unspecified atom stereocenters. The highest BCUT2D eigenvalue weighted by Crippen LogP contribution is 2.10. The van der Waals surface area contributed by atoms with E-state index >= 15 is 0 Å². The zero-order chi connectivity index (χ0) is 7.44. The molecule has 0 rings (SSSR count). The minimum absolute atomic E-state index is 0.400. The molecule has 3 heteroatoms. The molecule has 0 aliphatic heterocycles. The van der Waals surface area contributed by atoms with Gasteiger partial charge in [0.25, 0.3) is 0 Å². The lowest BCUT2D eigenvalue weighted by atomic mass is 10.2. The number of allylic oxidation sites excluding steroid dienone is 3. The van der Waals surface area contributed by atoms with Gasteiger partial charge in [0.2, 0.25) is 0 Å². The van der Waals surface area contributed by atoms with E-state index in [0.717, 1.165) is 6.20 Å². The Labute approximate surface area is 54.0 Å². The highest BCUT2D eigenvalue weighted by Gasteiger charge is 1.97. The summed E-state index contributed by atoms with van der Waals surface area (Å²) in [6, 6.07) is 0. The van der Waals surface area contributed by atoms with Gasteiger partial charge in [0.1, 0.15) is 5.83 Å². The van der Waals surface area contributed by atoms with E-state index in [1.165, 1.54) is 0 Å². The first-order chi connectivity index (χ1) is 4.09. The Morgan fingerprint density at radius 1 is 1.44 bits per heavy atom. The Hall–Kier alpha value is -0.990. The third-order valence-corrected chi connectivity index (χ3v) is 1.10. The second kappa shape index (κ2) is 3.12. The number of rotatable bonds is 1. The van der Waals surface area contributed by atoms with E-state index < -0.39 is 5.83 Å². The number of halogens is 1. The standard InChI is InChI=1S/C6H11FN2/c1-4(5(2)9)6(7)3-8/h3H,8-9H2,1-2H3/b5-4-,6-3+. The molecular weight excluding hydrogens is 119 g/mol. The van der Waals surface area contributed by atoms with E-state index in [-0.39, 0.29) is 0 Å². The normalized spacial score (nSPS) is 15.2. The SMILES string of the molecule is C/C(N)=C(C)/C(F)=C\N. The van der Waals surface area contributed by atoms with E-state index in [1.807, 2.05) is 0 Å². The van der Waals surface area contributed by atoms with Crippen LogP contribution < -0.4 is 11.5 Å². The molecule has 0 atom stereocenters. The first-order valence-electron chi connectivity index (χ1n) is 2.60. The summed E-state index contributed by atoms with van der Waals surface area (Å²) >= 11 is 0. The van der Waals surface area contributed by atoms with Crippen LogP contribution >= 0.6 is 0 Å². The summed E-state index contributed by atoms with van der Waals surface area (Å²) in [7, 11) is 0. The molecule has 0 bridgehead atoms. The van der Waals surface area contributed by atoms with E-state index in [1.54, 1.807) is 13.8 Å². The highest BCUT2D eigenvalue weighted by atomic mass is 19.1. The average Bonchev–Trinajstić information content (AvgIpc) is 1.84. The minimum Gasteiger partial charge on any atom is -0.402 e. The second-order valence-electron chi connectivity index (χ2n) is 1.82. The van der Waals surface area contributed by atoms with Gasteiger partial charge >= 0.3 is 0 Å². The minimum atomic E-state index is -0.463. The van der Waals surface area contributed by atoms with Crippen molar-refractivity contribution in [1.82, 2.24) is 0 Å². The van der Waals surface area contributed by atoms with Gasteiger partial charge in [-0.2, -0.15) is 0 Å². The lowest BCUT2D eigenvalue weighted by molar-refractivity contribution is 0.645. The summed E-state index contributed by atoms with van der Waals surface area (Å²) in [6.07, 6.45) is 0.895. The average molecular weight is 130 g/mol. The summed E-state index contributed by atoms with van der Waals surface area (Å²) in [5.41, 5.74) is 11.0. The quantitative estimate of drug-likeness (QED) is 0.520. The van der Waals surface area contributed by atoms with Crippen LogP contribution in [0.2, 0.25) is 0 Å². The molecule has 52 valence electrons. The molecule has 0 spiro atoms. The Morgan fingerprint density at radius 2 is 1.89 bits per heavy atom. The van der Waals surface area contributed by atoms with Crippen molar-refractivity contribution in [3.63, 3.8) is 0 Å². The molecule has 0 aromatic rings. The zero-order valence-electron chi connectivity index (χ0n) is 5.61. The molecular formula is C6H11FN2. The van der Waals surface area contributed by atoms with Crippen molar-refractivity contribution in [2.75, 3.05) is 0 Å². The predicted octanol–water partition coefficient (Wildman–Crippen LogP) is 1.01. The van der Waals surface area contributed by atoms with Crippen molar-refractivity contribution in [3.05, 3.63) is 23.3 Å².